The van der Waals surface area contributed by atoms with Crippen molar-refractivity contribution in [3.63, 3.8) is 0 Å². The molecule has 0 aliphatic carbocycles. The largest absolute Gasteiger partial charge is 0.383 e. The van der Waals surface area contributed by atoms with Gasteiger partial charge in [-0.05, 0) is 54.6 Å². The Hall–Kier alpha value is -0.880. The molecule has 2 saturated heterocycles. The van der Waals surface area contributed by atoms with Crippen molar-refractivity contribution in [1.29, 1.82) is 0 Å². The Balaban J connectivity index is 1.58. The Labute approximate surface area is 122 Å². The number of nitrogens with two attached hydrogens (primary N) is 1. The molecule has 2 aliphatic rings. The number of aromatic nitrogens is 2. The van der Waals surface area contributed by atoms with Crippen molar-refractivity contribution in [3.05, 3.63) is 10.7 Å². The molecule has 3 heterocycles. The molecule has 0 spiro atoms. The Morgan fingerprint density at radius 2 is 2.05 bits per heavy atom. The van der Waals surface area contributed by atoms with Crippen LogP contribution in [0.15, 0.2) is 10.7 Å². The number of halogens is 1. The second-order valence-corrected chi connectivity index (χ2v) is 6.52. The van der Waals surface area contributed by atoms with Crippen LogP contribution < -0.4 is 11.1 Å². The van der Waals surface area contributed by atoms with Crippen LogP contribution in [0.5, 0.6) is 0 Å². The number of anilines is 2. The van der Waals surface area contributed by atoms with E-state index in [1.807, 2.05) is 0 Å². The molecule has 1 aromatic rings. The lowest BCUT2D eigenvalue weighted by Crippen LogP contribution is -2.41. The van der Waals surface area contributed by atoms with Gasteiger partial charge in [0.25, 0.3) is 0 Å². The second kappa shape index (κ2) is 5.25. The van der Waals surface area contributed by atoms with E-state index in [9.17, 15) is 0 Å². The predicted molar refractivity (Wildman–Crippen MR) is 79.9 cm³/mol. The van der Waals surface area contributed by atoms with E-state index in [0.29, 0.717) is 11.8 Å². The van der Waals surface area contributed by atoms with Gasteiger partial charge in [-0.1, -0.05) is 0 Å². The van der Waals surface area contributed by atoms with Crippen LogP contribution in [0.4, 0.5) is 11.8 Å². The number of nitrogen functional groups attached to an aromatic ring is 1. The number of fused-ring (bicyclic) bond motifs is 2. The van der Waals surface area contributed by atoms with E-state index < -0.39 is 0 Å². The quantitative estimate of drug-likeness (QED) is 0.833. The maximum Gasteiger partial charge on any atom is 0.225 e. The van der Waals surface area contributed by atoms with E-state index in [1.54, 1.807) is 6.07 Å². The zero-order valence-corrected chi connectivity index (χ0v) is 12.7. The van der Waals surface area contributed by atoms with Gasteiger partial charge >= 0.3 is 0 Å². The normalized spacial score (nSPS) is 30.5. The van der Waals surface area contributed by atoms with Crippen LogP contribution in [-0.4, -0.2) is 40.5 Å². The molecule has 2 atom stereocenters. The van der Waals surface area contributed by atoms with E-state index in [2.05, 4.69) is 43.2 Å². The van der Waals surface area contributed by atoms with Crippen molar-refractivity contribution in [1.82, 2.24) is 14.9 Å². The SMILES string of the molecule is CN1C2CCC1CC(CNc1nc(N)cc(Br)n1)C2. The fourth-order valence-corrected chi connectivity index (χ4v) is 3.84. The van der Waals surface area contributed by atoms with E-state index >= 15 is 0 Å². The molecule has 0 radical (unpaired) electrons. The van der Waals surface area contributed by atoms with Gasteiger partial charge in [-0.25, -0.2) is 4.98 Å². The fraction of sp³-hybridized carbons (Fsp3) is 0.692. The van der Waals surface area contributed by atoms with Crippen molar-refractivity contribution in [2.75, 3.05) is 24.6 Å². The minimum Gasteiger partial charge on any atom is -0.383 e. The fourth-order valence-electron chi connectivity index (χ4n) is 3.44. The average Bonchev–Trinajstić information content (AvgIpc) is 2.60. The summed E-state index contributed by atoms with van der Waals surface area (Å²) in [7, 11) is 2.27. The lowest BCUT2D eigenvalue weighted by Gasteiger charge is -2.36. The topological polar surface area (TPSA) is 67.1 Å². The summed E-state index contributed by atoms with van der Waals surface area (Å²) in [4.78, 5) is 11.1. The molecule has 0 saturated carbocycles. The molecule has 5 nitrogen and oxygen atoms in total. The van der Waals surface area contributed by atoms with Crippen molar-refractivity contribution in [2.24, 2.45) is 5.92 Å². The summed E-state index contributed by atoms with van der Waals surface area (Å²) >= 11 is 3.34. The summed E-state index contributed by atoms with van der Waals surface area (Å²) in [5.74, 6) is 1.84. The van der Waals surface area contributed by atoms with Crippen LogP contribution in [0.1, 0.15) is 25.7 Å². The molecule has 104 valence electrons. The molecule has 2 aliphatic heterocycles. The molecule has 2 fully saturated rings. The van der Waals surface area contributed by atoms with Gasteiger partial charge in [-0.3, -0.25) is 0 Å². The first-order valence-electron chi connectivity index (χ1n) is 6.87. The number of hydrogen-bond acceptors (Lipinski definition) is 5. The van der Waals surface area contributed by atoms with Gasteiger partial charge in [0.2, 0.25) is 5.95 Å². The minimum absolute atomic E-state index is 0.493. The molecule has 6 heteroatoms. The lowest BCUT2D eigenvalue weighted by atomic mass is 9.91. The first kappa shape index (κ1) is 13.1. The predicted octanol–water partition coefficient (Wildman–Crippen LogP) is 2.11. The molecule has 3 N–H and O–H groups in total. The van der Waals surface area contributed by atoms with Crippen LogP contribution in [0, 0.1) is 5.92 Å². The van der Waals surface area contributed by atoms with Gasteiger partial charge in [0.15, 0.2) is 0 Å². The Bertz CT molecular complexity index is 432. The highest BCUT2D eigenvalue weighted by molar-refractivity contribution is 9.10. The molecule has 2 unspecified atom stereocenters. The van der Waals surface area contributed by atoms with Gasteiger partial charge in [0.05, 0.1) is 0 Å². The van der Waals surface area contributed by atoms with E-state index in [-0.39, 0.29) is 0 Å². The Morgan fingerprint density at radius 3 is 2.68 bits per heavy atom. The second-order valence-electron chi connectivity index (χ2n) is 5.71. The van der Waals surface area contributed by atoms with Crippen LogP contribution >= 0.6 is 15.9 Å². The van der Waals surface area contributed by atoms with E-state index in [4.69, 9.17) is 5.73 Å². The summed E-state index contributed by atoms with van der Waals surface area (Å²) in [6.45, 7) is 0.941. The lowest BCUT2D eigenvalue weighted by molar-refractivity contribution is 0.139. The van der Waals surface area contributed by atoms with Gasteiger partial charge in [0, 0.05) is 24.7 Å². The Kier molecular flexibility index (Phi) is 3.62. The molecule has 19 heavy (non-hydrogen) atoms. The maximum absolute atomic E-state index is 5.71. The van der Waals surface area contributed by atoms with Gasteiger partial charge in [-0.2, -0.15) is 4.98 Å². The number of nitrogens with one attached hydrogen (secondary N) is 1. The summed E-state index contributed by atoms with van der Waals surface area (Å²) < 4.78 is 0.728. The molecule has 0 amide bonds. The smallest absolute Gasteiger partial charge is 0.225 e. The van der Waals surface area contributed by atoms with Crippen molar-refractivity contribution in [3.8, 4) is 0 Å². The third kappa shape index (κ3) is 2.84. The first-order chi connectivity index (χ1) is 9.11. The zero-order chi connectivity index (χ0) is 13.4. The monoisotopic (exact) mass is 325 g/mol. The molecule has 0 aromatic carbocycles. The summed E-state index contributed by atoms with van der Waals surface area (Å²) in [5, 5.41) is 3.33. The first-order valence-corrected chi connectivity index (χ1v) is 7.67. The van der Waals surface area contributed by atoms with Crippen LogP contribution in [0.2, 0.25) is 0 Å². The maximum atomic E-state index is 5.71. The van der Waals surface area contributed by atoms with Crippen LogP contribution in [0.3, 0.4) is 0 Å². The highest BCUT2D eigenvalue weighted by Gasteiger charge is 2.38. The highest BCUT2D eigenvalue weighted by Crippen LogP contribution is 2.37. The summed E-state index contributed by atoms with van der Waals surface area (Å²) in [6.07, 6.45) is 5.28. The van der Waals surface area contributed by atoms with Crippen molar-refractivity contribution >= 4 is 27.7 Å². The highest BCUT2D eigenvalue weighted by atomic mass is 79.9. The molecule has 2 bridgehead atoms. The number of piperidine rings is 1. The number of nitrogens with zero attached hydrogens (tertiary/aromatic N) is 3. The molecular formula is C13H20BrN5. The van der Waals surface area contributed by atoms with E-state index in [0.717, 1.165) is 29.1 Å². The van der Waals surface area contributed by atoms with Crippen LogP contribution in [-0.2, 0) is 0 Å². The van der Waals surface area contributed by atoms with Gasteiger partial charge in [-0.15, -0.1) is 0 Å². The Morgan fingerprint density at radius 1 is 1.37 bits per heavy atom. The summed E-state index contributed by atoms with van der Waals surface area (Å²) in [6, 6.07) is 3.26. The van der Waals surface area contributed by atoms with E-state index in [1.165, 1.54) is 25.7 Å². The summed E-state index contributed by atoms with van der Waals surface area (Å²) in [5.41, 5.74) is 5.71. The molecule has 1 aromatic heterocycles. The standard InChI is InChI=1S/C13H20BrN5/c1-19-9-2-3-10(19)5-8(4-9)7-16-13-17-11(14)6-12(15)18-13/h6,8-10H,2-5,7H2,1H3,(H3,15,16,17,18). The minimum atomic E-state index is 0.493. The van der Waals surface area contributed by atoms with Crippen LogP contribution in [0.25, 0.3) is 0 Å². The number of hydrogen-bond donors (Lipinski definition) is 2. The third-order valence-corrected chi connectivity index (χ3v) is 4.87. The third-order valence-electron chi connectivity index (χ3n) is 4.46. The molecular weight excluding hydrogens is 306 g/mol. The van der Waals surface area contributed by atoms with Gasteiger partial charge < -0.3 is 16.0 Å². The average molecular weight is 326 g/mol. The van der Waals surface area contributed by atoms with Gasteiger partial charge in [0.1, 0.15) is 10.4 Å². The molecule has 3 rings (SSSR count). The number of rotatable bonds is 3. The van der Waals surface area contributed by atoms with Crippen molar-refractivity contribution < 1.29 is 0 Å². The van der Waals surface area contributed by atoms with Crippen molar-refractivity contribution in [2.45, 2.75) is 37.8 Å². The zero-order valence-electron chi connectivity index (χ0n) is 11.1.